The Kier molecular flexibility index (Phi) is 6.69. The van der Waals surface area contributed by atoms with Crippen molar-refractivity contribution in [3.8, 4) is 11.3 Å². The van der Waals surface area contributed by atoms with E-state index in [9.17, 15) is 4.79 Å². The smallest absolute Gasteiger partial charge is 0.381 e. The fraction of sp³-hybridized carbons (Fsp3) is 0.577. The third-order valence-electron chi connectivity index (χ3n) is 8.10. The molecule has 3 aromatic heterocycles. The average molecular weight is 544 g/mol. The van der Waals surface area contributed by atoms with Crippen LogP contribution in [0.5, 0.6) is 0 Å². The second kappa shape index (κ2) is 10.0. The Balaban J connectivity index is 1.57. The summed E-state index contributed by atoms with van der Waals surface area (Å²) in [7, 11) is 0. The summed E-state index contributed by atoms with van der Waals surface area (Å²) in [5.74, 6) is 1.29. The van der Waals surface area contributed by atoms with Crippen LogP contribution in [0.1, 0.15) is 63.8 Å². The number of halogens is 2. The number of hydroxylamine groups is 1. The van der Waals surface area contributed by atoms with Crippen molar-refractivity contribution in [3.05, 3.63) is 35.1 Å². The standard InChI is InChI=1S/C26H31ClFN7O3/c1-14-3-5-16(6-4-14)12-35-20-19(17-9-18(27)11-29-10-17)30-22(23-33-25(36)38-34-23)31-21(20)32-24(35)26(28)7-8-37-13-15(26)2/h9-11,14-16,23,34H,3-8,12-13H2,1-2H3,(H,33,36). The van der Waals surface area contributed by atoms with Gasteiger partial charge in [-0.05, 0) is 30.7 Å². The number of hydrogen-bond acceptors (Lipinski definition) is 8. The second-order valence-corrected chi connectivity index (χ2v) is 11.3. The Morgan fingerprint density at radius 2 is 2.00 bits per heavy atom. The van der Waals surface area contributed by atoms with Gasteiger partial charge in [-0.1, -0.05) is 38.3 Å². The van der Waals surface area contributed by atoms with Gasteiger partial charge in [-0.2, -0.15) is 0 Å². The molecule has 5 heterocycles. The molecule has 1 aliphatic carbocycles. The summed E-state index contributed by atoms with van der Waals surface area (Å²) in [5.41, 5.74) is 3.06. The van der Waals surface area contributed by atoms with Gasteiger partial charge in [0, 0.05) is 36.8 Å². The first-order valence-electron chi connectivity index (χ1n) is 13.2. The number of hydrogen-bond donors (Lipinski definition) is 2. The molecule has 2 saturated heterocycles. The predicted octanol–water partition coefficient (Wildman–Crippen LogP) is 4.83. The molecule has 0 radical (unpaired) electrons. The topological polar surface area (TPSA) is 116 Å². The number of nitrogens with zero attached hydrogens (tertiary/aromatic N) is 5. The van der Waals surface area contributed by atoms with E-state index in [0.717, 1.165) is 25.7 Å². The second-order valence-electron chi connectivity index (χ2n) is 10.8. The maximum atomic E-state index is 16.9. The van der Waals surface area contributed by atoms with Gasteiger partial charge in [0.25, 0.3) is 0 Å². The first kappa shape index (κ1) is 25.4. The summed E-state index contributed by atoms with van der Waals surface area (Å²) in [5, 5.41) is 3.07. The molecule has 2 aliphatic heterocycles. The first-order valence-corrected chi connectivity index (χ1v) is 13.6. The van der Waals surface area contributed by atoms with E-state index in [1.54, 1.807) is 18.5 Å². The number of imidazole rings is 1. The number of amides is 1. The molecule has 1 saturated carbocycles. The largest absolute Gasteiger partial charge is 0.427 e. The van der Waals surface area contributed by atoms with E-state index in [1.165, 1.54) is 0 Å². The van der Waals surface area contributed by atoms with Gasteiger partial charge >= 0.3 is 6.09 Å². The molecular formula is C26H31ClFN7O3. The summed E-state index contributed by atoms with van der Waals surface area (Å²) in [6.45, 7) is 5.40. The van der Waals surface area contributed by atoms with E-state index in [0.29, 0.717) is 64.9 Å². The van der Waals surface area contributed by atoms with Gasteiger partial charge in [0.05, 0.1) is 18.2 Å². The van der Waals surface area contributed by atoms with Crippen LogP contribution in [0.15, 0.2) is 18.5 Å². The van der Waals surface area contributed by atoms with Crippen molar-refractivity contribution in [2.24, 2.45) is 17.8 Å². The fourth-order valence-electron chi connectivity index (χ4n) is 5.79. The summed E-state index contributed by atoms with van der Waals surface area (Å²) in [6.07, 6.45) is 6.43. The maximum absolute atomic E-state index is 16.9. The molecule has 3 aliphatic rings. The maximum Gasteiger partial charge on any atom is 0.427 e. The summed E-state index contributed by atoms with van der Waals surface area (Å²) in [4.78, 5) is 35.2. The number of fused-ring (bicyclic) bond motifs is 1. The Morgan fingerprint density at radius 1 is 1.18 bits per heavy atom. The van der Waals surface area contributed by atoms with Crippen molar-refractivity contribution in [3.63, 3.8) is 0 Å². The third-order valence-corrected chi connectivity index (χ3v) is 8.30. The highest BCUT2D eigenvalue weighted by Gasteiger charge is 2.46. The van der Waals surface area contributed by atoms with Crippen LogP contribution in [-0.2, 0) is 21.8 Å². The van der Waals surface area contributed by atoms with E-state index in [2.05, 4.69) is 27.7 Å². The van der Waals surface area contributed by atoms with E-state index in [4.69, 9.17) is 31.1 Å². The van der Waals surface area contributed by atoms with Crippen LogP contribution in [0.25, 0.3) is 22.4 Å². The van der Waals surface area contributed by atoms with Crippen molar-refractivity contribution < 1.29 is 18.8 Å². The zero-order valence-electron chi connectivity index (χ0n) is 21.4. The van der Waals surface area contributed by atoms with Crippen molar-refractivity contribution in [1.82, 2.24) is 35.3 Å². The van der Waals surface area contributed by atoms with E-state index >= 15 is 4.39 Å². The number of alkyl halides is 1. The number of pyridine rings is 1. The van der Waals surface area contributed by atoms with E-state index < -0.39 is 17.9 Å². The zero-order chi connectivity index (χ0) is 26.4. The predicted molar refractivity (Wildman–Crippen MR) is 138 cm³/mol. The number of ether oxygens (including phenoxy) is 1. The van der Waals surface area contributed by atoms with Crippen molar-refractivity contribution in [1.29, 1.82) is 0 Å². The minimum absolute atomic E-state index is 0.210. The van der Waals surface area contributed by atoms with Gasteiger partial charge < -0.3 is 14.1 Å². The molecule has 2 N–H and O–H groups in total. The number of carbonyl (C=O) groups is 1. The number of rotatable bonds is 5. The first-order chi connectivity index (χ1) is 18.3. The van der Waals surface area contributed by atoms with Crippen molar-refractivity contribution in [2.75, 3.05) is 13.2 Å². The summed E-state index contributed by atoms with van der Waals surface area (Å²) in [6, 6.07) is 1.76. The van der Waals surface area contributed by atoms with Gasteiger partial charge in [0.1, 0.15) is 17.0 Å². The van der Waals surface area contributed by atoms with Crippen LogP contribution in [-0.4, -0.2) is 43.8 Å². The van der Waals surface area contributed by atoms with Crippen LogP contribution < -0.4 is 10.8 Å². The van der Waals surface area contributed by atoms with Gasteiger partial charge in [0.15, 0.2) is 23.3 Å². The SMILES string of the molecule is CC1CCC(Cn2c(C3(F)CCOCC3C)nc3nc(C4NOC(=O)N4)nc(-c4cncc(Cl)c4)c32)CC1. The quantitative estimate of drug-likeness (QED) is 0.470. The van der Waals surface area contributed by atoms with Crippen LogP contribution >= 0.6 is 11.6 Å². The molecule has 0 aromatic carbocycles. The molecule has 3 atom stereocenters. The molecule has 0 bridgehead atoms. The van der Waals surface area contributed by atoms with Gasteiger partial charge in [-0.3, -0.25) is 10.3 Å². The van der Waals surface area contributed by atoms with Crippen LogP contribution in [0.2, 0.25) is 5.02 Å². The van der Waals surface area contributed by atoms with Gasteiger partial charge in [-0.15, -0.1) is 5.48 Å². The number of nitrogens with one attached hydrogen (secondary N) is 2. The zero-order valence-corrected chi connectivity index (χ0v) is 22.2. The van der Waals surface area contributed by atoms with E-state index in [-0.39, 0.29) is 18.2 Å². The van der Waals surface area contributed by atoms with Gasteiger partial charge in [-0.25, -0.2) is 24.1 Å². The molecule has 6 rings (SSSR count). The fourth-order valence-corrected chi connectivity index (χ4v) is 5.96. The Morgan fingerprint density at radius 3 is 2.71 bits per heavy atom. The summed E-state index contributed by atoms with van der Waals surface area (Å²) >= 11 is 6.32. The minimum atomic E-state index is -1.69. The van der Waals surface area contributed by atoms with Crippen LogP contribution in [0, 0.1) is 17.8 Å². The molecule has 1 amide bonds. The highest BCUT2D eigenvalue weighted by atomic mass is 35.5. The van der Waals surface area contributed by atoms with E-state index in [1.807, 2.05) is 11.5 Å². The molecule has 10 nitrogen and oxygen atoms in total. The van der Waals surface area contributed by atoms with Crippen LogP contribution in [0.3, 0.4) is 0 Å². The molecule has 38 heavy (non-hydrogen) atoms. The molecule has 3 fully saturated rings. The Bertz CT molecular complexity index is 1360. The monoisotopic (exact) mass is 543 g/mol. The number of aromatic nitrogens is 5. The van der Waals surface area contributed by atoms with Crippen molar-refractivity contribution >= 4 is 28.9 Å². The van der Waals surface area contributed by atoms with Gasteiger partial charge in [0.2, 0.25) is 0 Å². The summed E-state index contributed by atoms with van der Waals surface area (Å²) < 4.78 is 24.5. The molecule has 3 unspecified atom stereocenters. The highest BCUT2D eigenvalue weighted by molar-refractivity contribution is 6.30. The minimum Gasteiger partial charge on any atom is -0.381 e. The average Bonchev–Trinajstić information content (AvgIpc) is 3.51. The highest BCUT2D eigenvalue weighted by Crippen LogP contribution is 2.43. The lowest BCUT2D eigenvalue weighted by atomic mass is 9.82. The normalized spacial score (nSPS) is 29.8. The number of carbonyl (C=O) groups excluding carboxylic acids is 1. The molecule has 3 aromatic rings. The molecule has 0 spiro atoms. The molecule has 12 heteroatoms. The lowest BCUT2D eigenvalue weighted by Crippen LogP contribution is -2.40. The van der Waals surface area contributed by atoms with Crippen LogP contribution in [0.4, 0.5) is 9.18 Å². The molecular weight excluding hydrogens is 513 g/mol. The van der Waals surface area contributed by atoms with Crippen molar-refractivity contribution in [2.45, 2.75) is 64.3 Å². The molecule has 202 valence electrons. The Labute approximate surface area is 224 Å². The third kappa shape index (κ3) is 4.60. The lowest BCUT2D eigenvalue weighted by Gasteiger charge is -2.36. The Hall–Kier alpha value is -2.89. The lowest BCUT2D eigenvalue weighted by molar-refractivity contribution is -0.0651.